The van der Waals surface area contributed by atoms with Gasteiger partial charge >= 0.3 is 0 Å². The molecule has 0 bridgehead atoms. The summed E-state index contributed by atoms with van der Waals surface area (Å²) in [4.78, 5) is 33.0. The Morgan fingerprint density at radius 2 is 1.60 bits per heavy atom. The number of aromatic nitrogens is 3. The highest BCUT2D eigenvalue weighted by Crippen LogP contribution is 2.42. The van der Waals surface area contributed by atoms with E-state index in [4.69, 9.17) is 0 Å². The largest absolute Gasteiger partial charge is 0.550 e. The third kappa shape index (κ3) is 7.30. The van der Waals surface area contributed by atoms with Gasteiger partial charge in [-0.2, -0.15) is 0 Å². The molecule has 0 radical (unpaired) electrons. The van der Waals surface area contributed by atoms with E-state index in [1.165, 1.54) is 12.1 Å². The number of para-hydroxylation sites is 2. The molecule has 5 aromatic rings. The van der Waals surface area contributed by atoms with E-state index in [9.17, 15) is 29.3 Å². The van der Waals surface area contributed by atoms with Crippen molar-refractivity contribution in [3.8, 4) is 22.3 Å². The summed E-state index contributed by atoms with van der Waals surface area (Å²) >= 11 is 0. The molecular weight excluding hydrogens is 575 g/mol. The number of halogens is 1. The zero-order valence-corrected chi connectivity index (χ0v) is 25.2. The first-order valence-electron chi connectivity index (χ1n) is 15.0. The lowest BCUT2D eigenvalue weighted by Crippen LogP contribution is -2.29. The summed E-state index contributed by atoms with van der Waals surface area (Å²) < 4.78 is 16.0. The Hall–Kier alpha value is -4.80. The number of carbonyl (C=O) groups is 2. The molecule has 2 atom stereocenters. The summed E-state index contributed by atoms with van der Waals surface area (Å²) in [5.41, 5.74) is 5.69. The predicted molar refractivity (Wildman–Crippen MR) is 167 cm³/mol. The van der Waals surface area contributed by atoms with Crippen molar-refractivity contribution in [2.24, 2.45) is 0 Å². The van der Waals surface area contributed by atoms with Gasteiger partial charge in [0.05, 0.1) is 29.8 Å². The number of carboxylic acids is 1. The Morgan fingerprint density at radius 3 is 2.27 bits per heavy atom. The minimum atomic E-state index is -1.40. The second kappa shape index (κ2) is 13.9. The van der Waals surface area contributed by atoms with E-state index in [0.717, 1.165) is 27.9 Å². The van der Waals surface area contributed by atoms with Crippen LogP contribution in [0.2, 0.25) is 0 Å². The van der Waals surface area contributed by atoms with Crippen LogP contribution < -0.4 is 10.4 Å². The second-order valence-corrected chi connectivity index (χ2v) is 11.4. The van der Waals surface area contributed by atoms with Crippen molar-refractivity contribution in [1.29, 1.82) is 0 Å². The quantitative estimate of drug-likeness (QED) is 0.154. The molecule has 0 fully saturated rings. The number of aromatic amines is 1. The van der Waals surface area contributed by atoms with E-state index in [0.29, 0.717) is 29.1 Å². The van der Waals surface area contributed by atoms with Crippen LogP contribution in [-0.2, 0) is 17.8 Å². The van der Waals surface area contributed by atoms with Crippen LogP contribution in [0.15, 0.2) is 78.9 Å². The van der Waals surface area contributed by atoms with Crippen LogP contribution in [0.4, 0.5) is 4.39 Å². The number of benzene rings is 3. The molecule has 1 amide bonds. The molecule has 10 heteroatoms. The first kappa shape index (κ1) is 31.6. The van der Waals surface area contributed by atoms with Gasteiger partial charge in [-0.05, 0) is 68.5 Å². The first-order valence-corrected chi connectivity index (χ1v) is 15.0. The number of hydrogen-bond donors (Lipinski definition) is 4. The number of carbonyl (C=O) groups excluding carboxylic acids is 2. The molecule has 5 rings (SSSR count). The van der Waals surface area contributed by atoms with Gasteiger partial charge in [0, 0.05) is 35.3 Å². The van der Waals surface area contributed by atoms with E-state index < -0.39 is 30.4 Å². The Labute approximate surface area is 260 Å². The number of amides is 1. The average molecular weight is 612 g/mol. The van der Waals surface area contributed by atoms with Crippen LogP contribution in [0.5, 0.6) is 0 Å². The summed E-state index contributed by atoms with van der Waals surface area (Å²) in [5.74, 6) is -1.52. The van der Waals surface area contributed by atoms with Gasteiger partial charge in [0.1, 0.15) is 17.3 Å². The number of imidazole rings is 1. The second-order valence-electron chi connectivity index (χ2n) is 11.4. The fourth-order valence-electron chi connectivity index (χ4n) is 5.84. The van der Waals surface area contributed by atoms with E-state index in [-0.39, 0.29) is 31.3 Å². The molecule has 4 N–H and O–H groups in total. The van der Waals surface area contributed by atoms with Crippen LogP contribution in [-0.4, -0.2) is 48.8 Å². The molecule has 3 aromatic carbocycles. The lowest BCUT2D eigenvalue weighted by molar-refractivity contribution is -0.307. The number of aliphatic hydroxyl groups is 2. The van der Waals surface area contributed by atoms with Gasteiger partial charge in [-0.25, -0.2) is 9.37 Å². The summed E-state index contributed by atoms with van der Waals surface area (Å²) in [6, 6.07) is 23.0. The summed E-state index contributed by atoms with van der Waals surface area (Å²) in [5, 5.41) is 34.8. The molecule has 0 aliphatic heterocycles. The molecule has 234 valence electrons. The minimum absolute atomic E-state index is 0.140. The number of nitrogens with one attached hydrogen (secondary N) is 2. The van der Waals surface area contributed by atoms with Gasteiger partial charge in [0.15, 0.2) is 0 Å². The minimum Gasteiger partial charge on any atom is -0.550 e. The normalized spacial score (nSPS) is 12.8. The average Bonchev–Trinajstić information content (AvgIpc) is 3.58. The van der Waals surface area contributed by atoms with Gasteiger partial charge in [-0.15, -0.1) is 0 Å². The number of aliphatic hydroxyl groups excluding tert-OH is 2. The van der Waals surface area contributed by atoms with Crippen LogP contribution in [0.3, 0.4) is 0 Å². The Kier molecular flexibility index (Phi) is 9.75. The Morgan fingerprint density at radius 1 is 0.933 bits per heavy atom. The third-order valence-electron chi connectivity index (χ3n) is 7.75. The highest BCUT2D eigenvalue weighted by molar-refractivity contribution is 6.05. The van der Waals surface area contributed by atoms with Crippen LogP contribution in [0, 0.1) is 5.82 Å². The molecule has 0 saturated carbocycles. The number of fused-ring (bicyclic) bond motifs is 1. The molecule has 0 unspecified atom stereocenters. The van der Waals surface area contributed by atoms with E-state index in [1.807, 2.05) is 73.0 Å². The number of hydrogen-bond acceptors (Lipinski definition) is 6. The van der Waals surface area contributed by atoms with E-state index >= 15 is 0 Å². The standard InChI is InChI=1S/C35H37FN4O5/c1-21(2)40-29(17-16-25(41)18-26(42)19-31(43)44)32(23-12-14-24(36)15-13-23)33(22-8-4-3-5-9-22)34(40)35(45)37-20-30-38-27-10-6-7-11-28(27)39-30/h3-15,21,25-26,41-42H,16-20H2,1-2H3,(H,37,45)(H,38,39)(H,43,44)/p-1/t25-,26-/m1/s1. The van der Waals surface area contributed by atoms with Gasteiger partial charge in [0.2, 0.25) is 0 Å². The van der Waals surface area contributed by atoms with Crippen LogP contribution in [0.1, 0.15) is 61.2 Å². The maximum Gasteiger partial charge on any atom is 0.268 e. The van der Waals surface area contributed by atoms with Crippen molar-refractivity contribution < 1.29 is 29.3 Å². The number of nitrogens with zero attached hydrogens (tertiary/aromatic N) is 2. The van der Waals surface area contributed by atoms with Gasteiger partial charge in [-0.3, -0.25) is 4.79 Å². The van der Waals surface area contributed by atoms with Crippen molar-refractivity contribution in [2.45, 2.75) is 64.3 Å². The molecule has 2 aromatic heterocycles. The highest BCUT2D eigenvalue weighted by Gasteiger charge is 2.30. The summed E-state index contributed by atoms with van der Waals surface area (Å²) in [6.45, 7) is 4.08. The molecule has 2 heterocycles. The Balaban J connectivity index is 1.60. The number of aliphatic carboxylic acids is 1. The zero-order chi connectivity index (χ0) is 32.1. The number of H-pyrrole nitrogens is 1. The maximum absolute atomic E-state index is 14.2. The lowest BCUT2D eigenvalue weighted by atomic mass is 9.92. The molecule has 45 heavy (non-hydrogen) atoms. The van der Waals surface area contributed by atoms with Crippen molar-refractivity contribution in [2.75, 3.05) is 0 Å². The SMILES string of the molecule is CC(C)n1c(CC[C@@H](O)C[C@@H](O)CC(=O)[O-])c(-c2ccc(F)cc2)c(-c2ccccc2)c1C(=O)NCc1nc2ccccc2[nH]1. The molecular formula is C35H36FN4O5-. The van der Waals surface area contributed by atoms with Crippen molar-refractivity contribution >= 4 is 22.9 Å². The predicted octanol–water partition coefficient (Wildman–Crippen LogP) is 4.53. The molecule has 0 aliphatic rings. The maximum atomic E-state index is 14.2. The van der Waals surface area contributed by atoms with Crippen molar-refractivity contribution in [1.82, 2.24) is 19.9 Å². The lowest BCUT2D eigenvalue weighted by Gasteiger charge is -2.20. The molecule has 9 nitrogen and oxygen atoms in total. The monoisotopic (exact) mass is 611 g/mol. The van der Waals surface area contributed by atoms with Crippen LogP contribution in [0.25, 0.3) is 33.3 Å². The summed E-state index contributed by atoms with van der Waals surface area (Å²) in [6.07, 6.45) is -2.50. The first-order chi connectivity index (χ1) is 21.6. The fourth-order valence-corrected chi connectivity index (χ4v) is 5.84. The van der Waals surface area contributed by atoms with E-state index in [2.05, 4.69) is 15.3 Å². The van der Waals surface area contributed by atoms with Gasteiger partial charge in [-0.1, -0.05) is 54.6 Å². The number of rotatable bonds is 13. The highest BCUT2D eigenvalue weighted by atomic mass is 19.1. The number of carboxylic acid groups (broad SMARTS) is 1. The molecule has 0 aliphatic carbocycles. The summed E-state index contributed by atoms with van der Waals surface area (Å²) in [7, 11) is 0. The van der Waals surface area contributed by atoms with E-state index in [1.54, 1.807) is 12.1 Å². The van der Waals surface area contributed by atoms with Gasteiger partial charge < -0.3 is 35.0 Å². The molecule has 0 spiro atoms. The fraction of sp³-hybridized carbons (Fsp3) is 0.286. The van der Waals surface area contributed by atoms with Crippen LogP contribution >= 0.6 is 0 Å². The topological polar surface area (TPSA) is 143 Å². The van der Waals surface area contributed by atoms with Crippen molar-refractivity contribution in [3.63, 3.8) is 0 Å². The smallest absolute Gasteiger partial charge is 0.268 e. The van der Waals surface area contributed by atoms with Gasteiger partial charge in [0.25, 0.3) is 5.91 Å². The Bertz CT molecular complexity index is 1750. The zero-order valence-electron chi connectivity index (χ0n) is 25.2. The van der Waals surface area contributed by atoms with Crippen molar-refractivity contribution in [3.05, 3.63) is 102 Å². The third-order valence-corrected chi connectivity index (χ3v) is 7.75. The molecule has 0 saturated heterocycles.